The van der Waals surface area contributed by atoms with Crippen LogP contribution in [-0.4, -0.2) is 16.1 Å². The van der Waals surface area contributed by atoms with Crippen molar-refractivity contribution in [1.82, 2.24) is 9.55 Å². The third-order valence-electron chi connectivity index (χ3n) is 4.54. The van der Waals surface area contributed by atoms with Crippen LogP contribution in [0.5, 0.6) is 17.4 Å². The van der Waals surface area contributed by atoms with E-state index in [1.807, 2.05) is 12.1 Å². The highest BCUT2D eigenvalue weighted by atomic mass is 19.1. The number of hydrogen-bond acceptors (Lipinski definition) is 5. The summed E-state index contributed by atoms with van der Waals surface area (Å²) in [4.78, 5) is 16.0. The van der Waals surface area contributed by atoms with Gasteiger partial charge in [-0.25, -0.2) is 9.18 Å². The van der Waals surface area contributed by atoms with E-state index in [4.69, 9.17) is 9.47 Å². The summed E-state index contributed by atoms with van der Waals surface area (Å²) in [5, 5.41) is 3.18. The number of hydrogen-bond donors (Lipinski definition) is 1. The van der Waals surface area contributed by atoms with Crippen LogP contribution in [0.15, 0.2) is 53.3 Å². The molecule has 0 unspecified atom stereocenters. The Labute approximate surface area is 161 Å². The Morgan fingerprint density at radius 2 is 1.93 bits per heavy atom. The van der Waals surface area contributed by atoms with Crippen LogP contribution in [0.3, 0.4) is 0 Å². The molecule has 7 heteroatoms. The van der Waals surface area contributed by atoms with Gasteiger partial charge in [0.25, 0.3) is 0 Å². The van der Waals surface area contributed by atoms with Gasteiger partial charge in [0.2, 0.25) is 5.88 Å². The van der Waals surface area contributed by atoms with Crippen LogP contribution >= 0.6 is 0 Å². The fourth-order valence-corrected chi connectivity index (χ4v) is 2.96. The minimum atomic E-state index is -0.311. The fraction of sp³-hybridized carbons (Fsp3) is 0.238. The molecule has 1 N–H and O–H groups in total. The van der Waals surface area contributed by atoms with Gasteiger partial charge >= 0.3 is 5.69 Å². The van der Waals surface area contributed by atoms with Crippen molar-refractivity contribution in [3.8, 4) is 17.4 Å². The van der Waals surface area contributed by atoms with E-state index >= 15 is 0 Å². The number of anilines is 1. The third-order valence-corrected chi connectivity index (χ3v) is 4.54. The summed E-state index contributed by atoms with van der Waals surface area (Å²) in [6.45, 7) is 3.47. The van der Waals surface area contributed by atoms with Crippen molar-refractivity contribution in [2.75, 3.05) is 11.9 Å². The van der Waals surface area contributed by atoms with Crippen LogP contribution in [0.1, 0.15) is 17.5 Å². The number of benzene rings is 2. The van der Waals surface area contributed by atoms with Gasteiger partial charge in [-0.15, -0.1) is 0 Å². The molecule has 0 bridgehead atoms. The highest BCUT2D eigenvalue weighted by molar-refractivity contribution is 5.40. The first kappa shape index (κ1) is 18.0. The van der Waals surface area contributed by atoms with Gasteiger partial charge in [0, 0.05) is 25.2 Å². The Hall–Kier alpha value is -3.35. The lowest BCUT2D eigenvalue weighted by atomic mass is 10.2. The molecule has 4 rings (SSSR count). The molecule has 1 aliphatic rings. The molecule has 0 amide bonds. The maximum Gasteiger partial charge on any atom is 0.352 e. The zero-order chi connectivity index (χ0) is 19.5. The largest absolute Gasteiger partial charge is 0.473 e. The monoisotopic (exact) mass is 381 g/mol. The van der Waals surface area contributed by atoms with Gasteiger partial charge in [0.05, 0.1) is 0 Å². The van der Waals surface area contributed by atoms with E-state index in [0.717, 1.165) is 24.3 Å². The highest BCUT2D eigenvalue weighted by Gasteiger charge is 2.12. The summed E-state index contributed by atoms with van der Waals surface area (Å²) in [6, 6.07) is 13.8. The zero-order valence-corrected chi connectivity index (χ0v) is 15.4. The summed E-state index contributed by atoms with van der Waals surface area (Å²) >= 11 is 0. The Morgan fingerprint density at radius 3 is 2.71 bits per heavy atom. The van der Waals surface area contributed by atoms with Crippen molar-refractivity contribution < 1.29 is 13.9 Å². The Balaban J connectivity index is 1.40. The lowest BCUT2D eigenvalue weighted by Gasteiger charge is -2.19. The van der Waals surface area contributed by atoms with E-state index in [-0.39, 0.29) is 18.1 Å². The molecule has 1 aromatic heterocycles. The summed E-state index contributed by atoms with van der Waals surface area (Å²) in [6.07, 6.45) is 0.901. The molecular weight excluding hydrogens is 361 g/mol. The molecule has 0 fully saturated rings. The molecule has 2 aromatic carbocycles. The molecule has 144 valence electrons. The maximum atomic E-state index is 13.6. The lowest BCUT2D eigenvalue weighted by molar-refractivity contribution is 0.290. The number of aromatic nitrogens is 2. The second-order valence-corrected chi connectivity index (χ2v) is 6.64. The molecular formula is C21H20FN3O3. The van der Waals surface area contributed by atoms with Crippen LogP contribution in [0.2, 0.25) is 0 Å². The zero-order valence-electron chi connectivity index (χ0n) is 15.4. The van der Waals surface area contributed by atoms with Crippen molar-refractivity contribution in [1.29, 1.82) is 0 Å². The maximum absolute atomic E-state index is 13.6. The number of fused-ring (bicyclic) bond motifs is 1. The Bertz CT molecular complexity index is 1050. The summed E-state index contributed by atoms with van der Waals surface area (Å²) < 4.78 is 26.6. The van der Waals surface area contributed by atoms with Crippen LogP contribution in [0.25, 0.3) is 0 Å². The van der Waals surface area contributed by atoms with E-state index in [9.17, 15) is 9.18 Å². The molecule has 0 aliphatic carbocycles. The summed E-state index contributed by atoms with van der Waals surface area (Å²) in [5.41, 5.74) is 1.16. The molecule has 2 heterocycles. The molecule has 3 aromatic rings. The Morgan fingerprint density at radius 1 is 1.14 bits per heavy atom. The SMILES string of the molecule is Cc1ccc(Oc2ccc(COc3cc4n(c(=O)n3)CCCN4)cc2)cc1F. The molecule has 28 heavy (non-hydrogen) atoms. The van der Waals surface area contributed by atoms with E-state index in [0.29, 0.717) is 29.5 Å². The van der Waals surface area contributed by atoms with E-state index < -0.39 is 0 Å². The average Bonchev–Trinajstić information content (AvgIpc) is 2.70. The van der Waals surface area contributed by atoms with Crippen molar-refractivity contribution in [3.05, 3.63) is 76.0 Å². The number of halogens is 1. The topological polar surface area (TPSA) is 65.4 Å². The summed E-state index contributed by atoms with van der Waals surface area (Å²) in [7, 11) is 0. The van der Waals surface area contributed by atoms with E-state index in [1.54, 1.807) is 41.8 Å². The predicted octanol–water partition coefficient (Wildman–Crippen LogP) is 3.88. The lowest BCUT2D eigenvalue weighted by Crippen LogP contribution is -2.30. The van der Waals surface area contributed by atoms with Crippen LogP contribution in [0.4, 0.5) is 10.2 Å². The van der Waals surface area contributed by atoms with Gasteiger partial charge in [-0.05, 0) is 42.7 Å². The van der Waals surface area contributed by atoms with E-state index in [2.05, 4.69) is 10.3 Å². The highest BCUT2D eigenvalue weighted by Crippen LogP contribution is 2.24. The van der Waals surface area contributed by atoms with Gasteiger partial charge in [0.15, 0.2) is 0 Å². The normalized spacial score (nSPS) is 12.8. The van der Waals surface area contributed by atoms with Gasteiger partial charge in [-0.3, -0.25) is 4.57 Å². The van der Waals surface area contributed by atoms with Crippen molar-refractivity contribution in [2.24, 2.45) is 0 Å². The fourth-order valence-electron chi connectivity index (χ4n) is 2.96. The van der Waals surface area contributed by atoms with Crippen LogP contribution in [0, 0.1) is 12.7 Å². The van der Waals surface area contributed by atoms with Gasteiger partial charge < -0.3 is 14.8 Å². The second kappa shape index (κ2) is 7.72. The quantitative estimate of drug-likeness (QED) is 0.727. The van der Waals surface area contributed by atoms with Gasteiger partial charge in [-0.2, -0.15) is 4.98 Å². The third kappa shape index (κ3) is 3.98. The first-order valence-corrected chi connectivity index (χ1v) is 9.10. The smallest absolute Gasteiger partial charge is 0.352 e. The Kier molecular flexibility index (Phi) is 4.97. The minimum Gasteiger partial charge on any atom is -0.473 e. The number of nitrogens with one attached hydrogen (secondary N) is 1. The van der Waals surface area contributed by atoms with Crippen molar-refractivity contribution in [2.45, 2.75) is 26.5 Å². The number of rotatable bonds is 5. The second-order valence-electron chi connectivity index (χ2n) is 6.64. The standard InChI is InChI=1S/C21H20FN3O3/c1-14-3-6-17(11-18(14)22)28-16-7-4-15(5-8-16)13-27-20-12-19-23-9-2-10-25(19)21(26)24-20/h3-8,11-12,23H,2,9-10,13H2,1H3. The number of nitrogens with zero attached hydrogens (tertiary/aromatic N) is 2. The van der Waals surface area contributed by atoms with Crippen molar-refractivity contribution in [3.63, 3.8) is 0 Å². The van der Waals surface area contributed by atoms with Crippen LogP contribution < -0.4 is 20.5 Å². The average molecular weight is 381 g/mol. The predicted molar refractivity (Wildman–Crippen MR) is 104 cm³/mol. The minimum absolute atomic E-state index is 0.273. The van der Waals surface area contributed by atoms with Gasteiger partial charge in [0.1, 0.15) is 29.7 Å². The molecule has 0 atom stereocenters. The molecule has 0 spiro atoms. The number of aryl methyl sites for hydroxylation is 1. The molecule has 0 saturated carbocycles. The first-order valence-electron chi connectivity index (χ1n) is 9.10. The molecule has 6 nitrogen and oxygen atoms in total. The van der Waals surface area contributed by atoms with Crippen molar-refractivity contribution >= 4 is 5.82 Å². The molecule has 0 radical (unpaired) electrons. The molecule has 0 saturated heterocycles. The van der Waals surface area contributed by atoms with Crippen LogP contribution in [-0.2, 0) is 13.2 Å². The van der Waals surface area contributed by atoms with Gasteiger partial charge in [-0.1, -0.05) is 18.2 Å². The summed E-state index contributed by atoms with van der Waals surface area (Å²) in [5.74, 6) is 1.77. The van der Waals surface area contributed by atoms with E-state index in [1.165, 1.54) is 6.07 Å². The number of ether oxygens (including phenoxy) is 2. The molecule has 1 aliphatic heterocycles. The first-order chi connectivity index (χ1) is 13.6.